The molecular weight excluding hydrogens is 232 g/mol. The van der Waals surface area contributed by atoms with E-state index in [1.54, 1.807) is 12.4 Å². The van der Waals surface area contributed by atoms with Gasteiger partial charge in [-0.05, 0) is 6.92 Å². The molecule has 18 heavy (non-hydrogen) atoms. The predicted octanol–water partition coefficient (Wildman–Crippen LogP) is 0.756. The van der Waals surface area contributed by atoms with Crippen molar-refractivity contribution in [1.29, 1.82) is 5.26 Å². The largest absolute Gasteiger partial charge is 0.338 e. The first kappa shape index (κ1) is 10.9. The number of hydrogen-bond donors (Lipinski definition) is 0. The molecular formula is C11H12N6O. The van der Waals surface area contributed by atoms with Gasteiger partial charge in [-0.1, -0.05) is 5.16 Å². The highest BCUT2D eigenvalue weighted by Gasteiger charge is 2.34. The molecule has 2 aromatic heterocycles. The molecule has 0 amide bonds. The highest BCUT2D eigenvalue weighted by molar-refractivity contribution is 5.22. The van der Waals surface area contributed by atoms with Crippen LogP contribution in [0.1, 0.15) is 30.5 Å². The molecule has 7 heteroatoms. The average molecular weight is 244 g/mol. The maximum absolute atomic E-state index is 8.75. The molecule has 1 aliphatic heterocycles. The molecule has 3 rings (SSSR count). The summed E-state index contributed by atoms with van der Waals surface area (Å²) in [6.45, 7) is 3.78. The molecule has 1 aliphatic rings. The van der Waals surface area contributed by atoms with Gasteiger partial charge in [0.15, 0.2) is 6.33 Å². The smallest absolute Gasteiger partial charge is 0.243 e. The van der Waals surface area contributed by atoms with Crippen LogP contribution in [-0.2, 0) is 0 Å². The molecule has 1 fully saturated rings. The van der Waals surface area contributed by atoms with Crippen LogP contribution in [0.3, 0.4) is 0 Å². The number of likely N-dealkylation sites (tertiary alicyclic amines) is 1. The lowest BCUT2D eigenvalue weighted by atomic mass is 10.1. The summed E-state index contributed by atoms with van der Waals surface area (Å²) in [5.41, 5.74) is 0.596. The molecule has 1 saturated heterocycles. The second-order valence-electron chi connectivity index (χ2n) is 4.38. The molecule has 0 aliphatic carbocycles. The fourth-order valence-corrected chi connectivity index (χ4v) is 2.09. The van der Waals surface area contributed by atoms with E-state index in [1.807, 2.05) is 11.6 Å². The van der Waals surface area contributed by atoms with Gasteiger partial charge in [0.25, 0.3) is 0 Å². The van der Waals surface area contributed by atoms with Crippen molar-refractivity contribution in [2.24, 2.45) is 0 Å². The zero-order valence-electron chi connectivity index (χ0n) is 9.89. The predicted molar refractivity (Wildman–Crippen MR) is 60.3 cm³/mol. The third-order valence-corrected chi connectivity index (χ3v) is 3.28. The van der Waals surface area contributed by atoms with Crippen LogP contribution >= 0.6 is 0 Å². The maximum Gasteiger partial charge on any atom is 0.243 e. The van der Waals surface area contributed by atoms with Crippen molar-refractivity contribution in [3.63, 3.8) is 0 Å². The van der Waals surface area contributed by atoms with Crippen molar-refractivity contribution in [3.8, 4) is 6.07 Å². The van der Waals surface area contributed by atoms with Crippen molar-refractivity contribution in [1.82, 2.24) is 24.8 Å². The topological polar surface area (TPSA) is 83.8 Å². The summed E-state index contributed by atoms with van der Waals surface area (Å²) in [6, 6.07) is 2.51. The maximum atomic E-state index is 8.75. The van der Waals surface area contributed by atoms with Crippen LogP contribution in [0.4, 0.5) is 0 Å². The van der Waals surface area contributed by atoms with Gasteiger partial charge in [-0.2, -0.15) is 15.3 Å². The molecule has 0 spiro atoms. The monoisotopic (exact) mass is 244 g/mol. The summed E-state index contributed by atoms with van der Waals surface area (Å²) in [7, 11) is 0. The summed E-state index contributed by atoms with van der Waals surface area (Å²) < 4.78 is 6.89. The molecule has 3 heterocycles. The summed E-state index contributed by atoms with van der Waals surface area (Å²) in [5.74, 6) is 0.631. The minimum atomic E-state index is 0.120. The Morgan fingerprint density at radius 3 is 3.00 bits per heavy atom. The van der Waals surface area contributed by atoms with E-state index in [-0.39, 0.29) is 6.04 Å². The fourth-order valence-electron chi connectivity index (χ4n) is 2.09. The van der Waals surface area contributed by atoms with E-state index >= 15 is 0 Å². The molecule has 0 saturated carbocycles. The minimum absolute atomic E-state index is 0.120. The first-order valence-corrected chi connectivity index (χ1v) is 5.73. The Kier molecular flexibility index (Phi) is 2.57. The third kappa shape index (κ3) is 1.76. The lowest BCUT2D eigenvalue weighted by molar-refractivity contribution is 0.0456. The third-order valence-electron chi connectivity index (χ3n) is 3.28. The van der Waals surface area contributed by atoms with Crippen molar-refractivity contribution in [3.05, 3.63) is 30.2 Å². The minimum Gasteiger partial charge on any atom is -0.338 e. The van der Waals surface area contributed by atoms with Gasteiger partial charge in [-0.3, -0.25) is 9.58 Å². The van der Waals surface area contributed by atoms with E-state index in [9.17, 15) is 0 Å². The van der Waals surface area contributed by atoms with Crippen molar-refractivity contribution in [2.45, 2.75) is 19.0 Å². The van der Waals surface area contributed by atoms with E-state index < -0.39 is 0 Å². The fraction of sp³-hybridized carbons (Fsp3) is 0.455. The molecule has 1 atom stereocenters. The van der Waals surface area contributed by atoms with Crippen molar-refractivity contribution < 1.29 is 4.52 Å². The second-order valence-corrected chi connectivity index (χ2v) is 4.38. The van der Waals surface area contributed by atoms with E-state index in [0.717, 1.165) is 13.1 Å². The van der Waals surface area contributed by atoms with Gasteiger partial charge < -0.3 is 4.52 Å². The van der Waals surface area contributed by atoms with E-state index in [2.05, 4.69) is 26.2 Å². The Morgan fingerprint density at radius 2 is 2.39 bits per heavy atom. The van der Waals surface area contributed by atoms with Crippen LogP contribution in [0.25, 0.3) is 0 Å². The van der Waals surface area contributed by atoms with Crippen LogP contribution in [0, 0.1) is 11.3 Å². The van der Waals surface area contributed by atoms with E-state index in [1.165, 1.54) is 6.33 Å². The molecule has 0 aromatic carbocycles. The molecule has 7 nitrogen and oxygen atoms in total. The first-order chi connectivity index (χ1) is 8.78. The van der Waals surface area contributed by atoms with Crippen LogP contribution in [0.2, 0.25) is 0 Å². The molecule has 2 aromatic rings. The highest BCUT2D eigenvalue weighted by Crippen LogP contribution is 2.29. The number of nitrogens with zero attached hydrogens (tertiary/aromatic N) is 6. The van der Waals surface area contributed by atoms with Gasteiger partial charge in [-0.15, -0.1) is 0 Å². The van der Waals surface area contributed by atoms with E-state index in [0.29, 0.717) is 17.5 Å². The Labute approximate surface area is 104 Å². The second kappa shape index (κ2) is 4.23. The summed E-state index contributed by atoms with van der Waals surface area (Å²) >= 11 is 0. The molecule has 0 N–H and O–H groups in total. The van der Waals surface area contributed by atoms with Gasteiger partial charge in [-0.25, -0.2) is 0 Å². The highest BCUT2D eigenvalue weighted by atomic mass is 16.5. The number of aromatic nitrogens is 4. The zero-order valence-corrected chi connectivity index (χ0v) is 9.89. The Morgan fingerprint density at radius 1 is 1.56 bits per heavy atom. The van der Waals surface area contributed by atoms with Gasteiger partial charge in [0.1, 0.15) is 6.07 Å². The Bertz CT molecular complexity index is 563. The number of nitriles is 1. The van der Waals surface area contributed by atoms with Gasteiger partial charge in [0, 0.05) is 19.3 Å². The molecule has 0 radical (unpaired) electrons. The Hall–Kier alpha value is -2.20. The summed E-state index contributed by atoms with van der Waals surface area (Å²) in [4.78, 5) is 6.28. The number of hydrogen-bond acceptors (Lipinski definition) is 6. The van der Waals surface area contributed by atoms with Crippen LogP contribution in [-0.4, -0.2) is 37.9 Å². The van der Waals surface area contributed by atoms with Crippen LogP contribution in [0.5, 0.6) is 0 Å². The van der Waals surface area contributed by atoms with Gasteiger partial charge >= 0.3 is 0 Å². The molecule has 92 valence electrons. The SMILES string of the molecule is CC(c1ncno1)N1CC(n2cc(C#N)cn2)C1. The number of rotatable bonds is 3. The molecule has 1 unspecified atom stereocenters. The van der Waals surface area contributed by atoms with E-state index in [4.69, 9.17) is 9.78 Å². The van der Waals surface area contributed by atoms with Crippen LogP contribution in [0.15, 0.2) is 23.2 Å². The average Bonchev–Trinajstić information content (AvgIpc) is 2.98. The summed E-state index contributed by atoms with van der Waals surface area (Å²) in [5, 5.41) is 16.5. The van der Waals surface area contributed by atoms with Crippen molar-refractivity contribution in [2.75, 3.05) is 13.1 Å². The Balaban J connectivity index is 1.62. The summed E-state index contributed by atoms with van der Waals surface area (Å²) in [6.07, 6.45) is 4.78. The van der Waals surface area contributed by atoms with Gasteiger partial charge in [0.2, 0.25) is 5.89 Å². The lowest BCUT2D eigenvalue weighted by Gasteiger charge is -2.41. The zero-order chi connectivity index (χ0) is 12.5. The lowest BCUT2D eigenvalue weighted by Crippen LogP contribution is -2.48. The first-order valence-electron chi connectivity index (χ1n) is 5.73. The standard InChI is InChI=1S/C11H12N6O/c1-8(11-13-7-15-18-11)16-5-10(6-16)17-4-9(2-12)3-14-17/h3-4,7-8,10H,5-6H2,1H3. The normalized spacial score (nSPS) is 18.2. The molecule has 0 bridgehead atoms. The van der Waals surface area contributed by atoms with Crippen molar-refractivity contribution >= 4 is 0 Å². The van der Waals surface area contributed by atoms with Gasteiger partial charge in [0.05, 0.1) is 23.8 Å². The van der Waals surface area contributed by atoms with Crippen LogP contribution < -0.4 is 0 Å². The quantitative estimate of drug-likeness (QED) is 0.792.